The van der Waals surface area contributed by atoms with Crippen LogP contribution in [0.5, 0.6) is 0 Å². The fraction of sp³-hybridized carbons (Fsp3) is 0.312. The van der Waals surface area contributed by atoms with Crippen molar-refractivity contribution in [2.24, 2.45) is 0 Å². The molecule has 0 saturated heterocycles. The zero-order chi connectivity index (χ0) is 14.8. The zero-order valence-corrected chi connectivity index (χ0v) is 13.8. The first-order valence-electron chi connectivity index (χ1n) is 6.53. The van der Waals surface area contributed by atoms with Crippen molar-refractivity contribution in [1.29, 1.82) is 0 Å². The quantitative estimate of drug-likeness (QED) is 0.762. The maximum atomic E-state index is 5.96. The van der Waals surface area contributed by atoms with E-state index in [1.807, 2.05) is 19.1 Å². The van der Waals surface area contributed by atoms with E-state index in [2.05, 4.69) is 54.7 Å². The molecule has 0 amide bonds. The Morgan fingerprint density at radius 1 is 1.05 bits per heavy atom. The third-order valence-electron chi connectivity index (χ3n) is 3.02. The first kappa shape index (κ1) is 15.2. The SMILES string of the molecule is Cc1nc(NSc2ccc(C(C)(C)C)cc2)ccc1Cl. The minimum Gasteiger partial charge on any atom is -0.310 e. The van der Waals surface area contributed by atoms with Gasteiger partial charge >= 0.3 is 0 Å². The van der Waals surface area contributed by atoms with Crippen molar-refractivity contribution in [3.63, 3.8) is 0 Å². The molecule has 2 aromatic rings. The van der Waals surface area contributed by atoms with Gasteiger partial charge in [0.05, 0.1) is 10.7 Å². The molecule has 1 aromatic heterocycles. The molecule has 0 unspecified atom stereocenters. The predicted molar refractivity (Wildman–Crippen MR) is 88.6 cm³/mol. The largest absolute Gasteiger partial charge is 0.310 e. The topological polar surface area (TPSA) is 24.9 Å². The van der Waals surface area contributed by atoms with Crippen LogP contribution < -0.4 is 4.72 Å². The van der Waals surface area contributed by atoms with Gasteiger partial charge in [0.1, 0.15) is 5.82 Å². The summed E-state index contributed by atoms with van der Waals surface area (Å²) in [5.74, 6) is 0.816. The molecular formula is C16H19ClN2S. The molecule has 0 aliphatic carbocycles. The molecular weight excluding hydrogens is 288 g/mol. The number of rotatable bonds is 3. The Hall–Kier alpha value is -1.19. The minimum atomic E-state index is 0.186. The van der Waals surface area contributed by atoms with E-state index < -0.39 is 0 Å². The van der Waals surface area contributed by atoms with Crippen molar-refractivity contribution in [3.05, 3.63) is 52.7 Å². The van der Waals surface area contributed by atoms with Gasteiger partial charge in [-0.1, -0.05) is 44.5 Å². The number of hydrogen-bond acceptors (Lipinski definition) is 3. The lowest BCUT2D eigenvalue weighted by atomic mass is 9.87. The predicted octanol–water partition coefficient (Wildman–Crippen LogP) is 5.46. The fourth-order valence-electron chi connectivity index (χ4n) is 1.74. The summed E-state index contributed by atoms with van der Waals surface area (Å²) in [4.78, 5) is 5.54. The Bertz CT molecular complexity index is 588. The Labute approximate surface area is 130 Å². The van der Waals surface area contributed by atoms with Gasteiger partial charge in [-0.2, -0.15) is 0 Å². The molecule has 4 heteroatoms. The molecule has 1 heterocycles. The molecule has 20 heavy (non-hydrogen) atoms. The third kappa shape index (κ3) is 3.90. The highest BCUT2D eigenvalue weighted by Gasteiger charge is 2.12. The van der Waals surface area contributed by atoms with Crippen molar-refractivity contribution < 1.29 is 0 Å². The smallest absolute Gasteiger partial charge is 0.136 e. The van der Waals surface area contributed by atoms with E-state index in [0.29, 0.717) is 5.02 Å². The van der Waals surface area contributed by atoms with Crippen LogP contribution in [0.3, 0.4) is 0 Å². The summed E-state index contributed by atoms with van der Waals surface area (Å²) in [5.41, 5.74) is 2.36. The number of aryl methyl sites for hydroxylation is 1. The second-order valence-corrected chi connectivity index (χ2v) is 7.03. The van der Waals surface area contributed by atoms with Crippen LogP contribution >= 0.6 is 23.5 Å². The Balaban J connectivity index is 2.02. The number of benzene rings is 1. The zero-order valence-electron chi connectivity index (χ0n) is 12.2. The molecule has 0 fully saturated rings. The van der Waals surface area contributed by atoms with Crippen molar-refractivity contribution in [2.75, 3.05) is 4.72 Å². The summed E-state index contributed by atoms with van der Waals surface area (Å²) in [6.07, 6.45) is 0. The van der Waals surface area contributed by atoms with Gasteiger partial charge in [-0.05, 0) is 54.1 Å². The fourth-order valence-corrected chi connectivity index (χ4v) is 2.45. The summed E-state index contributed by atoms with van der Waals surface area (Å²) in [6.45, 7) is 8.55. The summed E-state index contributed by atoms with van der Waals surface area (Å²) < 4.78 is 3.23. The van der Waals surface area contributed by atoms with Crippen molar-refractivity contribution in [2.45, 2.75) is 38.0 Å². The number of pyridine rings is 1. The van der Waals surface area contributed by atoms with Gasteiger partial charge in [0.2, 0.25) is 0 Å². The standard InChI is InChI=1S/C16H19ClN2S/c1-11-14(17)9-10-15(18-11)19-20-13-7-5-12(6-8-13)16(2,3)4/h5-10H,1-4H3,(H,18,19). The van der Waals surface area contributed by atoms with Crippen LogP contribution in [0.4, 0.5) is 5.82 Å². The van der Waals surface area contributed by atoms with Crippen LogP contribution in [-0.4, -0.2) is 4.98 Å². The van der Waals surface area contributed by atoms with Crippen LogP contribution in [0.1, 0.15) is 32.0 Å². The average Bonchev–Trinajstić information content (AvgIpc) is 2.40. The molecule has 0 aliphatic rings. The molecule has 2 nitrogen and oxygen atoms in total. The summed E-state index contributed by atoms with van der Waals surface area (Å²) in [6, 6.07) is 12.3. The van der Waals surface area contributed by atoms with E-state index in [4.69, 9.17) is 11.6 Å². The minimum absolute atomic E-state index is 0.186. The van der Waals surface area contributed by atoms with Crippen molar-refractivity contribution in [3.8, 4) is 0 Å². The summed E-state index contributed by atoms with van der Waals surface area (Å²) in [7, 11) is 0. The lowest BCUT2D eigenvalue weighted by Gasteiger charge is -2.19. The lowest BCUT2D eigenvalue weighted by molar-refractivity contribution is 0.590. The second kappa shape index (κ2) is 6.06. The van der Waals surface area contributed by atoms with Gasteiger partial charge in [0.25, 0.3) is 0 Å². The van der Waals surface area contributed by atoms with E-state index in [9.17, 15) is 0 Å². The van der Waals surface area contributed by atoms with Crippen LogP contribution in [0.25, 0.3) is 0 Å². The van der Waals surface area contributed by atoms with E-state index in [1.54, 1.807) is 11.9 Å². The Morgan fingerprint density at radius 2 is 1.70 bits per heavy atom. The number of hydrogen-bond donors (Lipinski definition) is 1. The van der Waals surface area contributed by atoms with Gasteiger partial charge in [-0.3, -0.25) is 0 Å². The summed E-state index contributed by atoms with van der Waals surface area (Å²) >= 11 is 7.51. The molecule has 0 atom stereocenters. The molecule has 106 valence electrons. The van der Waals surface area contributed by atoms with Gasteiger partial charge in [-0.25, -0.2) is 4.98 Å². The molecule has 1 N–H and O–H groups in total. The van der Waals surface area contributed by atoms with Crippen LogP contribution in [0.15, 0.2) is 41.3 Å². The van der Waals surface area contributed by atoms with Crippen LogP contribution in [-0.2, 0) is 5.41 Å². The Kier molecular flexibility index (Phi) is 4.61. The normalized spacial score (nSPS) is 11.4. The number of nitrogens with zero attached hydrogens (tertiary/aromatic N) is 1. The van der Waals surface area contributed by atoms with Crippen LogP contribution in [0.2, 0.25) is 5.02 Å². The van der Waals surface area contributed by atoms with E-state index in [0.717, 1.165) is 16.4 Å². The number of nitrogens with one attached hydrogen (secondary N) is 1. The first-order valence-corrected chi connectivity index (χ1v) is 7.72. The molecule has 0 bridgehead atoms. The van der Waals surface area contributed by atoms with E-state index in [-0.39, 0.29) is 5.41 Å². The monoisotopic (exact) mass is 306 g/mol. The molecule has 0 aliphatic heterocycles. The first-order chi connectivity index (χ1) is 9.36. The number of anilines is 1. The Morgan fingerprint density at radius 3 is 2.25 bits per heavy atom. The number of halogens is 1. The second-order valence-electron chi connectivity index (χ2n) is 5.74. The lowest BCUT2D eigenvalue weighted by Crippen LogP contribution is -2.10. The van der Waals surface area contributed by atoms with Gasteiger partial charge < -0.3 is 4.72 Å². The average molecular weight is 307 g/mol. The molecule has 2 rings (SSSR count). The highest BCUT2D eigenvalue weighted by Crippen LogP contribution is 2.26. The molecule has 0 radical (unpaired) electrons. The van der Waals surface area contributed by atoms with Crippen molar-refractivity contribution in [1.82, 2.24) is 4.98 Å². The van der Waals surface area contributed by atoms with E-state index in [1.165, 1.54) is 5.56 Å². The number of aromatic nitrogens is 1. The highest BCUT2D eigenvalue weighted by molar-refractivity contribution is 8.00. The van der Waals surface area contributed by atoms with Crippen molar-refractivity contribution >= 4 is 29.4 Å². The summed E-state index contributed by atoms with van der Waals surface area (Å²) in [5, 5.41) is 0.690. The maximum absolute atomic E-state index is 5.96. The van der Waals surface area contributed by atoms with Gasteiger partial charge in [-0.15, -0.1) is 0 Å². The van der Waals surface area contributed by atoms with Gasteiger partial charge in [0, 0.05) is 4.90 Å². The molecule has 0 saturated carbocycles. The van der Waals surface area contributed by atoms with Crippen LogP contribution in [0, 0.1) is 6.92 Å². The molecule has 1 aromatic carbocycles. The van der Waals surface area contributed by atoms with E-state index >= 15 is 0 Å². The highest BCUT2D eigenvalue weighted by atomic mass is 35.5. The maximum Gasteiger partial charge on any atom is 0.136 e. The third-order valence-corrected chi connectivity index (χ3v) is 4.23. The van der Waals surface area contributed by atoms with Gasteiger partial charge in [0.15, 0.2) is 0 Å². The molecule has 0 spiro atoms.